The summed E-state index contributed by atoms with van der Waals surface area (Å²) in [5, 5.41) is 16.0. The van der Waals surface area contributed by atoms with E-state index >= 15 is 4.39 Å². The third-order valence-electron chi connectivity index (χ3n) is 6.87. The number of epoxide rings is 1. The van der Waals surface area contributed by atoms with Gasteiger partial charge >= 0.3 is 0 Å². The number of aromatic nitrogens is 7. The number of hydrogen-bond acceptors (Lipinski definition) is 7. The molecule has 7 rings (SSSR count). The maximum absolute atomic E-state index is 15.1. The molecular weight excluding hydrogens is 475 g/mol. The monoisotopic (exact) mass is 500 g/mol. The summed E-state index contributed by atoms with van der Waals surface area (Å²) in [5.41, 5.74) is 5.00. The average molecular weight is 501 g/mol. The molecule has 5 aromatic rings. The van der Waals surface area contributed by atoms with Gasteiger partial charge in [-0.05, 0) is 48.6 Å². The summed E-state index contributed by atoms with van der Waals surface area (Å²) < 4.78 is 31.5. The Kier molecular flexibility index (Phi) is 5.26. The van der Waals surface area contributed by atoms with Crippen molar-refractivity contribution in [2.45, 2.75) is 44.2 Å². The van der Waals surface area contributed by atoms with Crippen molar-refractivity contribution in [1.82, 2.24) is 39.5 Å². The molecule has 0 bridgehead atoms. The number of halogens is 1. The Morgan fingerprint density at radius 1 is 1.16 bits per heavy atom. The molecule has 1 saturated carbocycles. The Morgan fingerprint density at radius 2 is 2.08 bits per heavy atom. The van der Waals surface area contributed by atoms with Crippen LogP contribution in [-0.2, 0) is 17.8 Å². The highest BCUT2D eigenvalue weighted by atomic mass is 19.1. The lowest BCUT2D eigenvalue weighted by Crippen LogP contribution is -2.20. The van der Waals surface area contributed by atoms with Crippen molar-refractivity contribution in [3.8, 4) is 11.4 Å². The van der Waals surface area contributed by atoms with Gasteiger partial charge in [0.15, 0.2) is 11.6 Å². The van der Waals surface area contributed by atoms with Gasteiger partial charge in [-0.1, -0.05) is 11.3 Å². The van der Waals surface area contributed by atoms with Crippen molar-refractivity contribution < 1.29 is 13.9 Å². The van der Waals surface area contributed by atoms with Gasteiger partial charge in [0.2, 0.25) is 0 Å². The summed E-state index contributed by atoms with van der Waals surface area (Å²) in [7, 11) is 1.45. The Bertz CT molecular complexity index is 1570. The van der Waals surface area contributed by atoms with Gasteiger partial charge in [-0.2, -0.15) is 5.10 Å². The zero-order valence-electron chi connectivity index (χ0n) is 20.2. The highest BCUT2D eigenvalue weighted by molar-refractivity contribution is 5.47. The van der Waals surface area contributed by atoms with E-state index in [1.165, 1.54) is 25.5 Å². The molecule has 0 radical (unpaired) electrons. The van der Waals surface area contributed by atoms with E-state index < -0.39 is 5.82 Å². The van der Waals surface area contributed by atoms with Gasteiger partial charge in [0.25, 0.3) is 0 Å². The summed E-state index contributed by atoms with van der Waals surface area (Å²) in [6.07, 6.45) is 11.5. The lowest BCUT2D eigenvalue weighted by Gasteiger charge is -2.13. The molecule has 10 nitrogen and oxygen atoms in total. The number of nitrogens with one attached hydrogen (secondary N) is 1. The minimum absolute atomic E-state index is 0.180. The Morgan fingerprint density at radius 3 is 2.89 bits per heavy atom. The highest BCUT2D eigenvalue weighted by Gasteiger charge is 2.42. The first-order chi connectivity index (χ1) is 18.2. The van der Waals surface area contributed by atoms with Crippen molar-refractivity contribution in [2.75, 3.05) is 7.11 Å². The number of rotatable bonds is 9. The third-order valence-corrected chi connectivity index (χ3v) is 6.87. The molecule has 2 atom stereocenters. The van der Waals surface area contributed by atoms with Gasteiger partial charge in [-0.15, -0.1) is 5.10 Å². The van der Waals surface area contributed by atoms with Crippen LogP contribution < -0.4 is 10.1 Å². The summed E-state index contributed by atoms with van der Waals surface area (Å²) in [4.78, 5) is 4.71. The molecule has 11 heteroatoms. The second kappa shape index (κ2) is 8.79. The maximum Gasteiger partial charge on any atom is 0.171 e. The van der Waals surface area contributed by atoms with E-state index in [0.29, 0.717) is 23.7 Å². The van der Waals surface area contributed by atoms with Crippen LogP contribution in [0.4, 0.5) is 4.39 Å². The second-order valence-corrected chi connectivity index (χ2v) is 9.46. The zero-order valence-corrected chi connectivity index (χ0v) is 20.2. The maximum atomic E-state index is 15.1. The number of hydrogen-bond donors (Lipinski definition) is 1. The molecule has 2 unspecified atom stereocenters. The van der Waals surface area contributed by atoms with E-state index in [1.54, 1.807) is 40.0 Å². The zero-order chi connectivity index (χ0) is 24.9. The topological polar surface area (TPSA) is 99.6 Å². The number of benzene rings is 1. The molecule has 188 valence electrons. The molecule has 5 heterocycles. The van der Waals surface area contributed by atoms with E-state index in [9.17, 15) is 0 Å². The van der Waals surface area contributed by atoms with Gasteiger partial charge in [-0.3, -0.25) is 5.32 Å². The molecular formula is C26H25FN8O2. The van der Waals surface area contributed by atoms with Gasteiger partial charge in [0.05, 0.1) is 31.2 Å². The molecule has 37 heavy (non-hydrogen) atoms. The first kappa shape index (κ1) is 22.1. The predicted molar refractivity (Wildman–Crippen MR) is 131 cm³/mol. The number of imidazole rings is 1. The first-order valence-corrected chi connectivity index (χ1v) is 12.3. The smallest absolute Gasteiger partial charge is 0.171 e. The fraction of sp³-hybridized carbons (Fsp3) is 0.308. The fourth-order valence-corrected chi connectivity index (χ4v) is 4.72. The van der Waals surface area contributed by atoms with Gasteiger partial charge < -0.3 is 13.9 Å². The molecule has 2 fully saturated rings. The first-order valence-electron chi connectivity index (χ1n) is 12.3. The van der Waals surface area contributed by atoms with Crippen LogP contribution in [0.15, 0.2) is 61.3 Å². The predicted octanol–water partition coefficient (Wildman–Crippen LogP) is 3.37. The molecule has 0 amide bonds. The standard InChI is InChI=1S/C26H25FN8O2/c1-36-22-7-6-21(35-10-2-9-29-35)19(24(22)27)11-28-26-25(37-26)20-15-34(32-31-20)14-18-13-33-12-17(16-3-4-16)5-8-23(33)30-18/h2,5-10,12-13,15-16,25-26,28H,3-4,11,14H2,1H3. The number of fused-ring (bicyclic) bond motifs is 1. The van der Waals surface area contributed by atoms with Crippen LogP contribution in [0, 0.1) is 5.82 Å². The summed E-state index contributed by atoms with van der Waals surface area (Å²) >= 11 is 0. The van der Waals surface area contributed by atoms with Crippen LogP contribution in [0.25, 0.3) is 11.3 Å². The number of ether oxygens (including phenoxy) is 2. The Labute approximate surface area is 211 Å². The number of methoxy groups -OCH3 is 1. The lowest BCUT2D eigenvalue weighted by atomic mass is 10.1. The van der Waals surface area contributed by atoms with Gasteiger partial charge in [0, 0.05) is 36.9 Å². The van der Waals surface area contributed by atoms with Crippen molar-refractivity contribution >= 4 is 5.65 Å². The second-order valence-electron chi connectivity index (χ2n) is 9.46. The van der Waals surface area contributed by atoms with E-state index in [0.717, 1.165) is 17.0 Å². The van der Waals surface area contributed by atoms with Crippen LogP contribution >= 0.6 is 0 Å². The van der Waals surface area contributed by atoms with Crippen molar-refractivity contribution in [3.05, 3.63) is 89.6 Å². The Hall–Kier alpha value is -4.09. The largest absolute Gasteiger partial charge is 0.494 e. The van der Waals surface area contributed by atoms with Crippen LogP contribution in [-0.4, -0.2) is 47.5 Å². The third kappa shape index (κ3) is 4.25. The minimum atomic E-state index is -0.428. The van der Waals surface area contributed by atoms with Crippen LogP contribution in [0.5, 0.6) is 5.75 Å². The van der Waals surface area contributed by atoms with Crippen LogP contribution in [0.1, 0.15) is 47.4 Å². The van der Waals surface area contributed by atoms with Crippen LogP contribution in [0.3, 0.4) is 0 Å². The average Bonchev–Trinajstić information content (AvgIpc) is 3.73. The Balaban J connectivity index is 1.02. The summed E-state index contributed by atoms with van der Waals surface area (Å²) in [5.74, 6) is 0.452. The molecule has 1 aliphatic heterocycles. The van der Waals surface area contributed by atoms with Crippen LogP contribution in [0.2, 0.25) is 0 Å². The van der Waals surface area contributed by atoms with Gasteiger partial charge in [-0.25, -0.2) is 18.7 Å². The normalized spacial score (nSPS) is 19.0. The molecule has 1 N–H and O–H groups in total. The van der Waals surface area contributed by atoms with E-state index in [2.05, 4.69) is 43.5 Å². The molecule has 1 saturated heterocycles. The highest BCUT2D eigenvalue weighted by Crippen LogP contribution is 2.40. The van der Waals surface area contributed by atoms with E-state index in [4.69, 9.17) is 14.5 Å². The molecule has 2 aliphatic rings. The summed E-state index contributed by atoms with van der Waals surface area (Å²) in [6, 6.07) is 9.42. The van der Waals surface area contributed by atoms with Gasteiger partial charge in [0.1, 0.15) is 23.7 Å². The fourth-order valence-electron chi connectivity index (χ4n) is 4.72. The number of pyridine rings is 1. The van der Waals surface area contributed by atoms with Crippen molar-refractivity contribution in [1.29, 1.82) is 0 Å². The van der Waals surface area contributed by atoms with E-state index in [1.807, 2.05) is 12.4 Å². The van der Waals surface area contributed by atoms with Crippen molar-refractivity contribution in [3.63, 3.8) is 0 Å². The molecule has 1 aromatic carbocycles. The molecule has 1 aliphatic carbocycles. The summed E-state index contributed by atoms with van der Waals surface area (Å²) in [6.45, 7) is 0.748. The quantitative estimate of drug-likeness (QED) is 0.310. The minimum Gasteiger partial charge on any atom is -0.494 e. The SMILES string of the molecule is COc1ccc(-n2cccn2)c(CNC2OC2c2cn(Cc3cn4cc(C5CC5)ccc4n3)nn2)c1F. The lowest BCUT2D eigenvalue weighted by molar-refractivity contribution is 0.341. The van der Waals surface area contributed by atoms with E-state index in [-0.39, 0.29) is 24.6 Å². The molecule has 4 aromatic heterocycles. The molecule has 0 spiro atoms. The number of nitrogens with zero attached hydrogens (tertiary/aromatic N) is 7. The van der Waals surface area contributed by atoms with Crippen molar-refractivity contribution in [2.24, 2.45) is 0 Å².